The number of benzene rings is 1. The largest absolute Gasteiger partial charge is 0.494 e. The summed E-state index contributed by atoms with van der Waals surface area (Å²) in [5.41, 5.74) is 1.89. The van der Waals surface area contributed by atoms with E-state index in [0.29, 0.717) is 17.2 Å². The summed E-state index contributed by atoms with van der Waals surface area (Å²) in [5.74, 6) is 0.0602. The van der Waals surface area contributed by atoms with Gasteiger partial charge in [0.2, 0.25) is 0 Å². The minimum Gasteiger partial charge on any atom is -0.494 e. The molecule has 1 fully saturated rings. The van der Waals surface area contributed by atoms with Gasteiger partial charge in [0.25, 0.3) is 0 Å². The molecule has 1 aromatic heterocycles. The highest BCUT2D eigenvalue weighted by molar-refractivity contribution is 5.85. The summed E-state index contributed by atoms with van der Waals surface area (Å²) in [6.45, 7) is 1.14. The van der Waals surface area contributed by atoms with Crippen molar-refractivity contribution in [3.05, 3.63) is 29.7 Å². The fourth-order valence-corrected chi connectivity index (χ4v) is 3.04. The maximum Gasteiger partial charge on any atom is 0.174 e. The third kappa shape index (κ3) is 2.10. The van der Waals surface area contributed by atoms with Crippen LogP contribution in [0.1, 0.15) is 18.4 Å². The first kappa shape index (κ1) is 12.5. The van der Waals surface area contributed by atoms with Crippen LogP contribution in [0.15, 0.2) is 18.3 Å². The first-order chi connectivity index (χ1) is 9.20. The van der Waals surface area contributed by atoms with Crippen LogP contribution in [0.4, 0.5) is 4.39 Å². The number of rotatable bonds is 3. The van der Waals surface area contributed by atoms with E-state index in [0.717, 1.165) is 24.0 Å². The van der Waals surface area contributed by atoms with E-state index >= 15 is 0 Å². The first-order valence-electron chi connectivity index (χ1n) is 6.73. The standard InChI is InChI=1S/C15H19FN2O/c1-18-7-3-4-11(18)8-10-9-17-12-5-6-13(19-2)15(16)14(10)12/h5-6,9,11,17H,3-4,7-8H2,1-2H3/t11-/m1/s1. The first-order valence-corrected chi connectivity index (χ1v) is 6.73. The van der Waals surface area contributed by atoms with Gasteiger partial charge in [-0.3, -0.25) is 0 Å². The molecule has 1 atom stereocenters. The van der Waals surface area contributed by atoms with Crippen LogP contribution in [-0.2, 0) is 6.42 Å². The maximum absolute atomic E-state index is 14.4. The fourth-order valence-electron chi connectivity index (χ4n) is 3.04. The SMILES string of the molecule is COc1ccc2[nH]cc(C[C@H]3CCCN3C)c2c1F. The van der Waals surface area contributed by atoms with Gasteiger partial charge < -0.3 is 14.6 Å². The second-order valence-electron chi connectivity index (χ2n) is 5.30. The third-order valence-corrected chi connectivity index (χ3v) is 4.18. The topological polar surface area (TPSA) is 28.3 Å². The van der Waals surface area contributed by atoms with E-state index < -0.39 is 0 Å². The summed E-state index contributed by atoms with van der Waals surface area (Å²) in [6, 6.07) is 4.06. The monoisotopic (exact) mass is 262 g/mol. The number of likely N-dealkylation sites (N-methyl/N-ethyl adjacent to an activating group) is 1. The van der Waals surface area contributed by atoms with E-state index in [-0.39, 0.29) is 5.82 Å². The zero-order chi connectivity index (χ0) is 13.4. The smallest absolute Gasteiger partial charge is 0.174 e. The molecule has 1 aromatic carbocycles. The van der Waals surface area contributed by atoms with Gasteiger partial charge in [-0.05, 0) is 50.6 Å². The number of hydrogen-bond donors (Lipinski definition) is 1. The van der Waals surface area contributed by atoms with E-state index in [4.69, 9.17) is 4.74 Å². The van der Waals surface area contributed by atoms with Gasteiger partial charge in [-0.2, -0.15) is 0 Å². The van der Waals surface area contributed by atoms with E-state index in [1.807, 2.05) is 12.3 Å². The zero-order valence-electron chi connectivity index (χ0n) is 11.4. The van der Waals surface area contributed by atoms with Crippen LogP contribution in [-0.4, -0.2) is 36.6 Å². The number of aromatic nitrogens is 1. The van der Waals surface area contributed by atoms with Crippen molar-refractivity contribution in [2.45, 2.75) is 25.3 Å². The molecule has 3 rings (SSSR count). The Morgan fingerprint density at radius 1 is 1.47 bits per heavy atom. The van der Waals surface area contributed by atoms with Crippen molar-refractivity contribution in [2.75, 3.05) is 20.7 Å². The average molecular weight is 262 g/mol. The van der Waals surface area contributed by atoms with Crippen LogP contribution in [0.3, 0.4) is 0 Å². The molecule has 2 aromatic rings. The zero-order valence-corrected chi connectivity index (χ0v) is 11.4. The molecule has 1 aliphatic heterocycles. The number of nitrogens with one attached hydrogen (secondary N) is 1. The quantitative estimate of drug-likeness (QED) is 0.921. The lowest BCUT2D eigenvalue weighted by Crippen LogP contribution is -2.26. The third-order valence-electron chi connectivity index (χ3n) is 4.18. The Kier molecular flexibility index (Phi) is 3.19. The van der Waals surface area contributed by atoms with E-state index in [9.17, 15) is 4.39 Å². The van der Waals surface area contributed by atoms with Gasteiger partial charge in [0.15, 0.2) is 11.6 Å². The molecule has 1 saturated heterocycles. The molecule has 19 heavy (non-hydrogen) atoms. The molecule has 0 spiro atoms. The molecule has 0 unspecified atom stereocenters. The summed E-state index contributed by atoms with van der Waals surface area (Å²) < 4.78 is 19.4. The maximum atomic E-state index is 14.4. The number of likely N-dealkylation sites (tertiary alicyclic amines) is 1. The molecule has 102 valence electrons. The molecule has 2 heterocycles. The van der Waals surface area contributed by atoms with Crippen LogP contribution < -0.4 is 4.74 Å². The predicted molar refractivity (Wildman–Crippen MR) is 74.2 cm³/mol. The fraction of sp³-hybridized carbons (Fsp3) is 0.467. The Morgan fingerprint density at radius 3 is 3.00 bits per heavy atom. The molecule has 3 nitrogen and oxygen atoms in total. The average Bonchev–Trinajstić information content (AvgIpc) is 2.99. The minimum atomic E-state index is -0.253. The van der Waals surface area contributed by atoms with Gasteiger partial charge in [-0.15, -0.1) is 0 Å². The number of fused-ring (bicyclic) bond motifs is 1. The van der Waals surface area contributed by atoms with Crippen molar-refractivity contribution in [3.63, 3.8) is 0 Å². The van der Waals surface area contributed by atoms with Crippen molar-refractivity contribution < 1.29 is 9.13 Å². The van der Waals surface area contributed by atoms with E-state index in [1.165, 1.54) is 20.0 Å². The number of methoxy groups -OCH3 is 1. The van der Waals surface area contributed by atoms with Crippen molar-refractivity contribution in [1.82, 2.24) is 9.88 Å². The number of hydrogen-bond acceptors (Lipinski definition) is 2. The highest BCUT2D eigenvalue weighted by Gasteiger charge is 2.23. The Labute approximate surface area is 112 Å². The molecule has 4 heteroatoms. The molecule has 0 saturated carbocycles. The van der Waals surface area contributed by atoms with Crippen molar-refractivity contribution >= 4 is 10.9 Å². The molecular weight excluding hydrogens is 243 g/mol. The van der Waals surface area contributed by atoms with E-state index in [1.54, 1.807) is 6.07 Å². The van der Waals surface area contributed by atoms with Gasteiger partial charge in [0.05, 0.1) is 7.11 Å². The minimum absolute atomic E-state index is 0.253. The number of aromatic amines is 1. The van der Waals surface area contributed by atoms with Gasteiger partial charge in [-0.1, -0.05) is 0 Å². The molecule has 1 aliphatic rings. The molecule has 0 bridgehead atoms. The molecule has 1 N–H and O–H groups in total. The number of halogens is 1. The van der Waals surface area contributed by atoms with Crippen LogP contribution >= 0.6 is 0 Å². The summed E-state index contributed by atoms with van der Waals surface area (Å²) in [5, 5.41) is 0.680. The highest BCUT2D eigenvalue weighted by atomic mass is 19.1. The molecule has 0 radical (unpaired) electrons. The summed E-state index contributed by atoms with van der Waals surface area (Å²) in [6.07, 6.45) is 5.24. The summed E-state index contributed by atoms with van der Waals surface area (Å²) in [7, 11) is 3.64. The van der Waals surface area contributed by atoms with Gasteiger partial charge in [0.1, 0.15) is 0 Å². The predicted octanol–water partition coefficient (Wildman–Crippen LogP) is 2.95. The number of H-pyrrole nitrogens is 1. The van der Waals surface area contributed by atoms with Crippen LogP contribution in [0, 0.1) is 5.82 Å². The van der Waals surface area contributed by atoms with Crippen LogP contribution in [0.5, 0.6) is 5.75 Å². The van der Waals surface area contributed by atoms with Gasteiger partial charge in [0, 0.05) is 23.1 Å². The second-order valence-corrected chi connectivity index (χ2v) is 5.30. The van der Waals surface area contributed by atoms with Crippen LogP contribution in [0.2, 0.25) is 0 Å². The van der Waals surface area contributed by atoms with Crippen molar-refractivity contribution in [3.8, 4) is 5.75 Å². The van der Waals surface area contributed by atoms with Crippen LogP contribution in [0.25, 0.3) is 10.9 Å². The number of ether oxygens (including phenoxy) is 1. The Hall–Kier alpha value is -1.55. The van der Waals surface area contributed by atoms with Gasteiger partial charge in [-0.25, -0.2) is 4.39 Å². The Morgan fingerprint density at radius 2 is 2.32 bits per heavy atom. The van der Waals surface area contributed by atoms with Gasteiger partial charge >= 0.3 is 0 Å². The van der Waals surface area contributed by atoms with Crippen molar-refractivity contribution in [1.29, 1.82) is 0 Å². The lowest BCUT2D eigenvalue weighted by atomic mass is 10.0. The Balaban J connectivity index is 1.99. The molecule has 0 aliphatic carbocycles. The summed E-state index contributed by atoms with van der Waals surface area (Å²) in [4.78, 5) is 5.51. The summed E-state index contributed by atoms with van der Waals surface area (Å²) >= 11 is 0. The number of nitrogens with zero attached hydrogens (tertiary/aromatic N) is 1. The lowest BCUT2D eigenvalue weighted by molar-refractivity contribution is 0.309. The second kappa shape index (κ2) is 4.85. The lowest BCUT2D eigenvalue weighted by Gasteiger charge is -2.18. The van der Waals surface area contributed by atoms with Crippen molar-refractivity contribution in [2.24, 2.45) is 0 Å². The Bertz CT molecular complexity index is 593. The van der Waals surface area contributed by atoms with E-state index in [2.05, 4.69) is 16.9 Å². The normalized spacial score (nSPS) is 20.3. The highest BCUT2D eigenvalue weighted by Crippen LogP contribution is 2.30. The molecular formula is C15H19FN2O. The molecule has 0 amide bonds.